The number of nitrogens with one attached hydrogen (secondary N) is 1. The number of amides is 2. The van der Waals surface area contributed by atoms with E-state index in [0.29, 0.717) is 0 Å². The molecule has 42 heavy (non-hydrogen) atoms. The fourth-order valence-corrected chi connectivity index (χ4v) is 6.74. The first kappa shape index (κ1) is 31.4. The Balaban J connectivity index is 1.75. The predicted molar refractivity (Wildman–Crippen MR) is 165 cm³/mol. The largest absolute Gasteiger partial charge is 0.495 e. The number of anilines is 1. The Kier molecular flexibility index (Phi) is 10.2. The van der Waals surface area contributed by atoms with E-state index in [4.69, 9.17) is 16.3 Å². The summed E-state index contributed by atoms with van der Waals surface area (Å²) in [5.41, 5.74) is 2.83. The normalized spacial score (nSPS) is 14.3. The number of carbonyl (C=O) groups is 2. The van der Waals surface area contributed by atoms with E-state index in [1.807, 2.05) is 38.1 Å². The van der Waals surface area contributed by atoms with Gasteiger partial charge in [-0.15, -0.1) is 0 Å². The Morgan fingerprint density at radius 3 is 2.33 bits per heavy atom. The summed E-state index contributed by atoms with van der Waals surface area (Å²) in [4.78, 5) is 29.1. The van der Waals surface area contributed by atoms with E-state index in [1.165, 1.54) is 30.2 Å². The van der Waals surface area contributed by atoms with Crippen LogP contribution in [0.5, 0.6) is 5.75 Å². The third kappa shape index (κ3) is 7.25. The van der Waals surface area contributed by atoms with E-state index in [2.05, 4.69) is 5.32 Å². The van der Waals surface area contributed by atoms with Crippen LogP contribution in [0.2, 0.25) is 5.02 Å². The quantitative estimate of drug-likeness (QED) is 0.303. The standard InChI is InChI=1S/C32H38ClN3O5S/c1-22-13-16-28(17-14-22)42(39,40)36(29-19-26(33)15-18-30(29)41-4)21-31(37)35(20-25-10-6-5-9-23(25)2)24(3)32(38)34-27-11-7-8-12-27/h5-6,9-10,13-19,24,27H,7-8,11-12,20-21H2,1-4H3,(H,34,38). The van der Waals surface area contributed by atoms with Crippen molar-refractivity contribution in [2.24, 2.45) is 0 Å². The van der Waals surface area contributed by atoms with E-state index in [-0.39, 0.29) is 39.8 Å². The number of aryl methyl sites for hydroxylation is 2. The van der Waals surface area contributed by atoms with Gasteiger partial charge in [0.05, 0.1) is 17.7 Å². The van der Waals surface area contributed by atoms with Crippen LogP contribution in [0.15, 0.2) is 71.6 Å². The maximum Gasteiger partial charge on any atom is 0.264 e. The maximum atomic E-state index is 14.2. The lowest BCUT2D eigenvalue weighted by atomic mass is 10.1. The molecule has 3 aromatic carbocycles. The van der Waals surface area contributed by atoms with Crippen LogP contribution in [0.4, 0.5) is 5.69 Å². The first-order chi connectivity index (χ1) is 20.0. The number of rotatable bonds is 11. The van der Waals surface area contributed by atoms with Gasteiger partial charge in [-0.3, -0.25) is 13.9 Å². The predicted octanol–water partition coefficient (Wildman–Crippen LogP) is 5.64. The number of sulfonamides is 1. The smallest absolute Gasteiger partial charge is 0.264 e. The zero-order chi connectivity index (χ0) is 30.4. The Morgan fingerprint density at radius 1 is 1.02 bits per heavy atom. The number of halogens is 1. The molecule has 8 nitrogen and oxygen atoms in total. The Bertz CT molecular complexity index is 1520. The second kappa shape index (κ2) is 13.6. The first-order valence-corrected chi connectivity index (χ1v) is 15.9. The van der Waals surface area contributed by atoms with Crippen LogP contribution < -0.4 is 14.4 Å². The van der Waals surface area contributed by atoms with Gasteiger partial charge in [0.2, 0.25) is 11.8 Å². The van der Waals surface area contributed by atoms with E-state index in [1.54, 1.807) is 31.2 Å². The molecule has 0 aliphatic heterocycles. The van der Waals surface area contributed by atoms with Crippen molar-refractivity contribution >= 4 is 39.1 Å². The van der Waals surface area contributed by atoms with E-state index in [9.17, 15) is 18.0 Å². The van der Waals surface area contributed by atoms with Crippen molar-refractivity contribution in [3.05, 3.63) is 88.4 Å². The highest BCUT2D eigenvalue weighted by Gasteiger charge is 2.34. The number of hydrogen-bond donors (Lipinski definition) is 1. The Morgan fingerprint density at radius 2 is 1.69 bits per heavy atom. The van der Waals surface area contributed by atoms with Gasteiger partial charge < -0.3 is 15.0 Å². The van der Waals surface area contributed by atoms with E-state index in [0.717, 1.165) is 46.7 Å². The van der Waals surface area contributed by atoms with E-state index < -0.39 is 28.5 Å². The minimum Gasteiger partial charge on any atom is -0.495 e. The van der Waals surface area contributed by atoms with Crippen LogP contribution in [-0.2, 0) is 26.2 Å². The summed E-state index contributed by atoms with van der Waals surface area (Å²) in [6.45, 7) is 5.04. The third-order valence-electron chi connectivity index (χ3n) is 7.77. The summed E-state index contributed by atoms with van der Waals surface area (Å²) in [5, 5.41) is 3.37. The second-order valence-corrected chi connectivity index (χ2v) is 13.1. The molecule has 0 bridgehead atoms. The second-order valence-electron chi connectivity index (χ2n) is 10.8. The van der Waals surface area contributed by atoms with E-state index >= 15 is 0 Å². The summed E-state index contributed by atoms with van der Waals surface area (Å²) >= 11 is 6.31. The first-order valence-electron chi connectivity index (χ1n) is 14.1. The molecule has 0 aromatic heterocycles. The molecular formula is C32H38ClN3O5S. The topological polar surface area (TPSA) is 96.0 Å². The molecule has 1 saturated carbocycles. The van der Waals surface area contributed by atoms with Crippen molar-refractivity contribution in [1.82, 2.24) is 10.2 Å². The Hall–Kier alpha value is -3.56. The van der Waals surface area contributed by atoms with Crippen molar-refractivity contribution in [1.29, 1.82) is 0 Å². The van der Waals surface area contributed by atoms with Crippen LogP contribution >= 0.6 is 11.6 Å². The number of ether oxygens (including phenoxy) is 1. The zero-order valence-electron chi connectivity index (χ0n) is 24.5. The molecule has 4 rings (SSSR count). The summed E-state index contributed by atoms with van der Waals surface area (Å²) in [7, 11) is -2.83. The summed E-state index contributed by atoms with van der Waals surface area (Å²) in [5.74, 6) is -0.567. The van der Waals surface area contributed by atoms with Crippen molar-refractivity contribution in [2.45, 2.75) is 70.0 Å². The van der Waals surface area contributed by atoms with Gasteiger partial charge in [-0.2, -0.15) is 0 Å². The molecule has 1 fully saturated rings. The van der Waals surface area contributed by atoms with Crippen molar-refractivity contribution in [3.8, 4) is 5.75 Å². The van der Waals surface area contributed by atoms with Crippen LogP contribution in [0.25, 0.3) is 0 Å². The van der Waals surface area contributed by atoms with Crippen LogP contribution in [0.1, 0.15) is 49.3 Å². The number of carbonyl (C=O) groups excluding carboxylic acids is 2. The Labute approximate surface area is 253 Å². The average Bonchev–Trinajstić information content (AvgIpc) is 3.48. The van der Waals surface area contributed by atoms with Gasteiger partial charge in [0.15, 0.2) is 0 Å². The number of nitrogens with zero attached hydrogens (tertiary/aromatic N) is 2. The van der Waals surface area contributed by atoms with Crippen molar-refractivity contribution in [3.63, 3.8) is 0 Å². The molecule has 0 radical (unpaired) electrons. The molecule has 1 aliphatic rings. The molecule has 1 N–H and O–H groups in total. The van der Waals surface area contributed by atoms with Gasteiger partial charge in [0.25, 0.3) is 10.0 Å². The maximum absolute atomic E-state index is 14.2. The summed E-state index contributed by atoms with van der Waals surface area (Å²) in [6, 6.07) is 17.8. The molecule has 224 valence electrons. The lowest BCUT2D eigenvalue weighted by Crippen LogP contribution is -2.52. The molecule has 10 heteroatoms. The lowest BCUT2D eigenvalue weighted by Gasteiger charge is -2.33. The van der Waals surface area contributed by atoms with Crippen molar-refractivity contribution < 1.29 is 22.7 Å². The molecular weight excluding hydrogens is 574 g/mol. The zero-order valence-corrected chi connectivity index (χ0v) is 26.0. The molecule has 3 aromatic rings. The molecule has 0 heterocycles. The minimum atomic E-state index is -4.25. The van der Waals surface area contributed by atoms with Gasteiger partial charge >= 0.3 is 0 Å². The molecule has 1 unspecified atom stereocenters. The molecule has 0 spiro atoms. The number of methoxy groups -OCH3 is 1. The number of benzene rings is 3. The summed E-state index contributed by atoms with van der Waals surface area (Å²) in [6.07, 6.45) is 3.92. The highest BCUT2D eigenvalue weighted by Crippen LogP contribution is 2.35. The average molecular weight is 612 g/mol. The fraction of sp³-hybridized carbons (Fsp3) is 0.375. The highest BCUT2D eigenvalue weighted by atomic mass is 35.5. The van der Waals surface area contributed by atoms with Crippen LogP contribution in [0, 0.1) is 13.8 Å². The van der Waals surface area contributed by atoms with Crippen LogP contribution in [0.3, 0.4) is 0 Å². The monoisotopic (exact) mass is 611 g/mol. The molecule has 1 atom stereocenters. The molecule has 2 amide bonds. The van der Waals surface area contributed by atoms with Gasteiger partial charge in [-0.25, -0.2) is 8.42 Å². The SMILES string of the molecule is COc1ccc(Cl)cc1N(CC(=O)N(Cc1ccccc1C)C(C)C(=O)NC1CCCC1)S(=O)(=O)c1ccc(C)cc1. The third-order valence-corrected chi connectivity index (χ3v) is 9.78. The van der Waals surface area contributed by atoms with Gasteiger partial charge in [-0.1, -0.05) is 66.4 Å². The highest BCUT2D eigenvalue weighted by molar-refractivity contribution is 7.92. The molecule has 0 saturated heterocycles. The van der Waals surface area contributed by atoms with Crippen molar-refractivity contribution in [2.75, 3.05) is 18.0 Å². The fourth-order valence-electron chi connectivity index (χ4n) is 5.15. The van der Waals surface area contributed by atoms with Gasteiger partial charge in [0.1, 0.15) is 18.3 Å². The molecule has 1 aliphatic carbocycles. The lowest BCUT2D eigenvalue weighted by molar-refractivity contribution is -0.139. The minimum absolute atomic E-state index is 0.0143. The van der Waals surface area contributed by atoms with Gasteiger partial charge in [0, 0.05) is 17.6 Å². The number of hydrogen-bond acceptors (Lipinski definition) is 5. The van der Waals surface area contributed by atoms with Gasteiger partial charge in [-0.05, 0) is 75.1 Å². The summed E-state index contributed by atoms with van der Waals surface area (Å²) < 4.78 is 34.7. The van der Waals surface area contributed by atoms with Crippen LogP contribution in [-0.4, -0.2) is 50.9 Å².